The Kier molecular flexibility index (Phi) is 5.82. The number of rotatable bonds is 6. The molecule has 1 heterocycles. The van der Waals surface area contributed by atoms with Crippen molar-refractivity contribution < 1.29 is 14.3 Å². The van der Waals surface area contributed by atoms with Gasteiger partial charge in [-0.05, 0) is 23.8 Å². The smallest absolute Gasteiger partial charge is 0.337 e. The first-order chi connectivity index (χ1) is 11.2. The number of carbonyl (C=O) groups excluding carboxylic acids is 2. The van der Waals surface area contributed by atoms with E-state index in [1.165, 1.54) is 18.3 Å². The Morgan fingerprint density at radius 3 is 2.70 bits per heavy atom. The van der Waals surface area contributed by atoms with E-state index >= 15 is 0 Å². The van der Waals surface area contributed by atoms with Crippen LogP contribution in [0.4, 0.5) is 0 Å². The van der Waals surface area contributed by atoms with Crippen molar-refractivity contribution in [1.29, 1.82) is 0 Å². The second-order valence-electron chi connectivity index (χ2n) is 4.52. The highest BCUT2D eigenvalue weighted by Gasteiger charge is 2.14. The highest BCUT2D eigenvalue weighted by Crippen LogP contribution is 2.14. The van der Waals surface area contributed by atoms with E-state index in [4.69, 9.17) is 4.74 Å². The van der Waals surface area contributed by atoms with E-state index in [9.17, 15) is 9.59 Å². The summed E-state index contributed by atoms with van der Waals surface area (Å²) in [6.45, 7) is 3.84. The first-order valence-corrected chi connectivity index (χ1v) is 7.00. The Hall–Kier alpha value is -3.21. The SMILES string of the molecule is C=CCNC(=O)c1cccnc1OC(=O)/C=C/c1ccccc1. The zero-order valence-corrected chi connectivity index (χ0v) is 12.4. The van der Waals surface area contributed by atoms with Crippen LogP contribution >= 0.6 is 0 Å². The van der Waals surface area contributed by atoms with Crippen LogP contribution in [0.25, 0.3) is 6.08 Å². The largest absolute Gasteiger partial charge is 0.403 e. The second kappa shape index (κ2) is 8.29. The highest BCUT2D eigenvalue weighted by atomic mass is 16.5. The summed E-state index contributed by atoms with van der Waals surface area (Å²) >= 11 is 0. The van der Waals surface area contributed by atoms with Gasteiger partial charge in [0.1, 0.15) is 5.56 Å². The van der Waals surface area contributed by atoms with E-state index in [1.54, 1.807) is 18.2 Å². The second-order valence-corrected chi connectivity index (χ2v) is 4.52. The van der Waals surface area contributed by atoms with Crippen molar-refractivity contribution >= 4 is 18.0 Å². The Labute approximate surface area is 134 Å². The molecule has 0 aliphatic carbocycles. The van der Waals surface area contributed by atoms with Gasteiger partial charge in [-0.25, -0.2) is 9.78 Å². The maximum absolute atomic E-state index is 12.0. The number of nitrogens with one attached hydrogen (secondary N) is 1. The molecule has 5 heteroatoms. The monoisotopic (exact) mass is 308 g/mol. The molecule has 116 valence electrons. The Morgan fingerprint density at radius 1 is 1.17 bits per heavy atom. The molecule has 0 aliphatic rings. The van der Waals surface area contributed by atoms with E-state index < -0.39 is 5.97 Å². The van der Waals surface area contributed by atoms with E-state index in [1.807, 2.05) is 30.3 Å². The summed E-state index contributed by atoms with van der Waals surface area (Å²) in [5.41, 5.74) is 1.06. The van der Waals surface area contributed by atoms with Crippen LogP contribution < -0.4 is 10.1 Å². The van der Waals surface area contributed by atoms with Crippen LogP contribution in [-0.4, -0.2) is 23.4 Å². The van der Waals surface area contributed by atoms with Crippen LogP contribution in [0.2, 0.25) is 0 Å². The molecule has 1 aromatic carbocycles. The molecule has 0 atom stereocenters. The molecule has 0 spiro atoms. The molecule has 0 aliphatic heterocycles. The number of esters is 1. The molecular formula is C18H16N2O3. The lowest BCUT2D eigenvalue weighted by Gasteiger charge is -2.07. The number of nitrogens with zero attached hydrogens (tertiary/aromatic N) is 1. The van der Waals surface area contributed by atoms with Gasteiger partial charge in [-0.1, -0.05) is 36.4 Å². The zero-order chi connectivity index (χ0) is 16.5. The van der Waals surface area contributed by atoms with Crippen molar-refractivity contribution in [2.75, 3.05) is 6.54 Å². The Morgan fingerprint density at radius 2 is 1.96 bits per heavy atom. The minimum atomic E-state index is -0.606. The fraction of sp³-hybridized carbons (Fsp3) is 0.0556. The number of aromatic nitrogens is 1. The third-order valence-corrected chi connectivity index (χ3v) is 2.83. The van der Waals surface area contributed by atoms with Crippen molar-refractivity contribution in [3.05, 3.63) is 78.5 Å². The predicted octanol–water partition coefficient (Wildman–Crippen LogP) is 2.62. The summed E-state index contributed by atoms with van der Waals surface area (Å²) < 4.78 is 5.14. The third kappa shape index (κ3) is 4.93. The van der Waals surface area contributed by atoms with E-state index in [0.717, 1.165) is 5.56 Å². The minimum absolute atomic E-state index is 0.0308. The number of hydrogen-bond acceptors (Lipinski definition) is 4. The highest BCUT2D eigenvalue weighted by molar-refractivity contribution is 5.98. The molecule has 5 nitrogen and oxygen atoms in total. The first kappa shape index (κ1) is 16.2. The summed E-state index contributed by atoms with van der Waals surface area (Å²) in [6.07, 6.45) is 5.93. The van der Waals surface area contributed by atoms with E-state index in [0.29, 0.717) is 6.54 Å². The lowest BCUT2D eigenvalue weighted by molar-refractivity contribution is -0.129. The standard InChI is InChI=1S/C18H16N2O3/c1-2-12-19-17(22)15-9-6-13-20-18(15)23-16(21)11-10-14-7-4-3-5-8-14/h2-11,13H,1,12H2,(H,19,22)/b11-10+. The van der Waals surface area contributed by atoms with Gasteiger partial charge in [-0.15, -0.1) is 6.58 Å². The van der Waals surface area contributed by atoms with Gasteiger partial charge in [-0.3, -0.25) is 4.79 Å². The van der Waals surface area contributed by atoms with Crippen LogP contribution in [0, 0.1) is 0 Å². The van der Waals surface area contributed by atoms with Gasteiger partial charge in [-0.2, -0.15) is 0 Å². The molecule has 1 amide bonds. The molecular weight excluding hydrogens is 292 g/mol. The van der Waals surface area contributed by atoms with Gasteiger partial charge in [0.15, 0.2) is 0 Å². The number of hydrogen-bond donors (Lipinski definition) is 1. The number of pyridine rings is 1. The van der Waals surface area contributed by atoms with Crippen molar-refractivity contribution in [2.24, 2.45) is 0 Å². The van der Waals surface area contributed by atoms with Crippen LogP contribution in [0.15, 0.2) is 67.4 Å². The number of ether oxygens (including phenoxy) is 1. The number of carbonyl (C=O) groups is 2. The van der Waals surface area contributed by atoms with Crippen molar-refractivity contribution in [2.45, 2.75) is 0 Å². The maximum atomic E-state index is 12.0. The molecule has 1 N–H and O–H groups in total. The van der Waals surface area contributed by atoms with Gasteiger partial charge in [0, 0.05) is 18.8 Å². The Bertz CT molecular complexity index is 724. The zero-order valence-electron chi connectivity index (χ0n) is 12.4. The van der Waals surface area contributed by atoms with Gasteiger partial charge < -0.3 is 10.1 Å². The molecule has 0 bridgehead atoms. The lowest BCUT2D eigenvalue weighted by atomic mass is 10.2. The lowest BCUT2D eigenvalue weighted by Crippen LogP contribution is -2.24. The Balaban J connectivity index is 2.07. The molecule has 2 aromatic rings. The van der Waals surface area contributed by atoms with Crippen LogP contribution in [0.1, 0.15) is 15.9 Å². The van der Waals surface area contributed by atoms with Gasteiger partial charge in [0.25, 0.3) is 5.91 Å². The molecule has 0 fully saturated rings. The third-order valence-electron chi connectivity index (χ3n) is 2.83. The quantitative estimate of drug-likeness (QED) is 0.506. The maximum Gasteiger partial charge on any atom is 0.337 e. The average molecular weight is 308 g/mol. The first-order valence-electron chi connectivity index (χ1n) is 7.00. The van der Waals surface area contributed by atoms with E-state index in [-0.39, 0.29) is 17.4 Å². The molecule has 0 saturated carbocycles. The van der Waals surface area contributed by atoms with Crippen molar-refractivity contribution in [1.82, 2.24) is 10.3 Å². The average Bonchev–Trinajstić information content (AvgIpc) is 2.59. The number of amides is 1. The van der Waals surface area contributed by atoms with Crippen LogP contribution in [0.5, 0.6) is 5.88 Å². The fourth-order valence-electron chi connectivity index (χ4n) is 1.76. The summed E-state index contributed by atoms with van der Waals surface area (Å²) in [7, 11) is 0. The summed E-state index contributed by atoms with van der Waals surface area (Å²) in [4.78, 5) is 27.8. The van der Waals surface area contributed by atoms with Crippen LogP contribution in [0.3, 0.4) is 0 Å². The van der Waals surface area contributed by atoms with E-state index in [2.05, 4.69) is 16.9 Å². The topological polar surface area (TPSA) is 68.3 Å². The van der Waals surface area contributed by atoms with Gasteiger partial charge in [0.2, 0.25) is 5.88 Å². The molecule has 23 heavy (non-hydrogen) atoms. The summed E-state index contributed by atoms with van der Waals surface area (Å²) in [5.74, 6) is -1.02. The van der Waals surface area contributed by atoms with Crippen molar-refractivity contribution in [3.8, 4) is 5.88 Å². The van der Waals surface area contributed by atoms with Crippen LogP contribution in [-0.2, 0) is 4.79 Å². The van der Waals surface area contributed by atoms with Gasteiger partial charge >= 0.3 is 5.97 Å². The molecule has 1 aromatic heterocycles. The molecule has 0 unspecified atom stereocenters. The normalized spacial score (nSPS) is 10.3. The predicted molar refractivity (Wildman–Crippen MR) is 87.9 cm³/mol. The van der Waals surface area contributed by atoms with Crippen molar-refractivity contribution in [3.63, 3.8) is 0 Å². The minimum Gasteiger partial charge on any atom is -0.403 e. The molecule has 0 radical (unpaired) electrons. The van der Waals surface area contributed by atoms with Gasteiger partial charge in [0.05, 0.1) is 0 Å². The molecule has 2 rings (SSSR count). The molecule has 0 saturated heterocycles. The summed E-state index contributed by atoms with van der Waals surface area (Å²) in [6, 6.07) is 12.5. The summed E-state index contributed by atoms with van der Waals surface area (Å²) in [5, 5.41) is 2.61. The fourth-order valence-corrected chi connectivity index (χ4v) is 1.76. The number of benzene rings is 1.